The number of β-amino-alcohol motifs (C(OH)–C–C–N with tert-alkyl or cyclic N) is 1. The minimum atomic E-state index is -4.58. The average molecular weight is 339 g/mol. The van der Waals surface area contributed by atoms with E-state index in [0.717, 1.165) is 0 Å². The van der Waals surface area contributed by atoms with Crippen molar-refractivity contribution in [3.05, 3.63) is 41.2 Å². The lowest BCUT2D eigenvalue weighted by Crippen LogP contribution is -2.53. The highest BCUT2D eigenvalue weighted by Gasteiger charge is 2.38. The fraction of sp³-hybridized carbons (Fsp3) is 0.375. The standard InChI is InChI=1S/C16H16F3N3O2/c1-9-13(14(16(17,18)19)20-21(9)2)10-4-3-5-11(6-10)15(24)22-7-12(23)8-22/h3-6,12,23H,7-8H2,1-2H3. The number of carbonyl (C=O) groups excluding carboxylic acids is 1. The topological polar surface area (TPSA) is 58.4 Å². The molecule has 128 valence electrons. The predicted molar refractivity (Wildman–Crippen MR) is 80.3 cm³/mol. The minimum absolute atomic E-state index is 0.0247. The van der Waals surface area contributed by atoms with Crippen LogP contribution >= 0.6 is 0 Å². The molecule has 2 aromatic rings. The molecule has 1 N–H and O–H groups in total. The number of rotatable bonds is 2. The largest absolute Gasteiger partial charge is 0.435 e. The van der Waals surface area contributed by atoms with Crippen LogP contribution in [0.5, 0.6) is 0 Å². The second kappa shape index (κ2) is 5.62. The van der Waals surface area contributed by atoms with Gasteiger partial charge in [0.2, 0.25) is 0 Å². The van der Waals surface area contributed by atoms with Gasteiger partial charge in [0.25, 0.3) is 5.91 Å². The number of hydrogen-bond acceptors (Lipinski definition) is 3. The lowest BCUT2D eigenvalue weighted by molar-refractivity contribution is -0.140. The Labute approximate surface area is 136 Å². The lowest BCUT2D eigenvalue weighted by atomic mass is 9.99. The summed E-state index contributed by atoms with van der Waals surface area (Å²) in [4.78, 5) is 13.7. The zero-order valence-electron chi connectivity index (χ0n) is 13.1. The number of alkyl halides is 3. The van der Waals surface area contributed by atoms with E-state index in [1.54, 1.807) is 19.1 Å². The van der Waals surface area contributed by atoms with Crippen LogP contribution in [0.4, 0.5) is 13.2 Å². The number of aromatic nitrogens is 2. The van der Waals surface area contributed by atoms with Crippen LogP contribution in [0.1, 0.15) is 21.7 Å². The van der Waals surface area contributed by atoms with Gasteiger partial charge >= 0.3 is 6.18 Å². The normalized spacial score (nSPS) is 15.5. The van der Waals surface area contributed by atoms with Crippen LogP contribution in [0, 0.1) is 6.92 Å². The highest BCUT2D eigenvalue weighted by Crippen LogP contribution is 2.38. The summed E-state index contributed by atoms with van der Waals surface area (Å²) in [6.45, 7) is 2.03. The van der Waals surface area contributed by atoms with E-state index in [4.69, 9.17) is 0 Å². The third kappa shape index (κ3) is 2.77. The smallest absolute Gasteiger partial charge is 0.389 e. The Hall–Kier alpha value is -2.35. The molecule has 1 fully saturated rings. The van der Waals surface area contributed by atoms with Gasteiger partial charge in [-0.25, -0.2) is 0 Å². The molecule has 0 radical (unpaired) electrons. The van der Waals surface area contributed by atoms with Gasteiger partial charge in [-0.1, -0.05) is 12.1 Å². The Morgan fingerprint density at radius 3 is 2.58 bits per heavy atom. The van der Waals surface area contributed by atoms with Crippen molar-refractivity contribution in [3.8, 4) is 11.1 Å². The highest BCUT2D eigenvalue weighted by molar-refractivity contribution is 5.96. The van der Waals surface area contributed by atoms with Gasteiger partial charge < -0.3 is 10.0 Å². The van der Waals surface area contributed by atoms with Crippen LogP contribution in [-0.2, 0) is 13.2 Å². The number of carbonyl (C=O) groups is 1. The second-order valence-corrected chi connectivity index (χ2v) is 5.88. The number of nitrogens with zero attached hydrogens (tertiary/aromatic N) is 3. The van der Waals surface area contributed by atoms with Crippen LogP contribution in [0.2, 0.25) is 0 Å². The van der Waals surface area contributed by atoms with E-state index < -0.39 is 18.0 Å². The first-order chi connectivity index (χ1) is 11.2. The molecule has 24 heavy (non-hydrogen) atoms. The van der Waals surface area contributed by atoms with Crippen molar-refractivity contribution in [2.24, 2.45) is 7.05 Å². The van der Waals surface area contributed by atoms with Gasteiger partial charge in [-0.2, -0.15) is 18.3 Å². The Bertz CT molecular complexity index is 792. The summed E-state index contributed by atoms with van der Waals surface area (Å²) in [5, 5.41) is 12.8. The summed E-state index contributed by atoms with van der Waals surface area (Å²) in [5.41, 5.74) is -0.0447. The van der Waals surface area contributed by atoms with Crippen molar-refractivity contribution in [2.45, 2.75) is 19.2 Å². The number of aryl methyl sites for hydroxylation is 1. The SMILES string of the molecule is Cc1c(-c2cccc(C(=O)N3CC(O)C3)c2)c(C(F)(F)F)nn1C. The fourth-order valence-electron chi connectivity index (χ4n) is 2.76. The van der Waals surface area contributed by atoms with E-state index in [-0.39, 0.29) is 30.1 Å². The maximum Gasteiger partial charge on any atom is 0.435 e. The maximum atomic E-state index is 13.2. The molecule has 3 rings (SSSR count). The molecule has 1 amide bonds. The Kier molecular flexibility index (Phi) is 3.87. The van der Waals surface area contributed by atoms with Gasteiger partial charge in [0, 0.05) is 37.0 Å². The van der Waals surface area contributed by atoms with Crippen molar-refractivity contribution in [3.63, 3.8) is 0 Å². The number of hydrogen-bond donors (Lipinski definition) is 1. The molecule has 1 saturated heterocycles. The van der Waals surface area contributed by atoms with Crippen molar-refractivity contribution >= 4 is 5.91 Å². The van der Waals surface area contributed by atoms with Crippen LogP contribution < -0.4 is 0 Å². The van der Waals surface area contributed by atoms with Crippen LogP contribution in [0.15, 0.2) is 24.3 Å². The van der Waals surface area contributed by atoms with Gasteiger partial charge in [0.05, 0.1) is 6.10 Å². The van der Waals surface area contributed by atoms with Crippen molar-refractivity contribution in [1.29, 1.82) is 0 Å². The van der Waals surface area contributed by atoms with Crippen LogP contribution in [0.3, 0.4) is 0 Å². The zero-order chi connectivity index (χ0) is 17.6. The monoisotopic (exact) mass is 339 g/mol. The van der Waals surface area contributed by atoms with E-state index in [0.29, 0.717) is 11.3 Å². The van der Waals surface area contributed by atoms with E-state index in [2.05, 4.69) is 5.10 Å². The lowest BCUT2D eigenvalue weighted by Gasteiger charge is -2.35. The quantitative estimate of drug-likeness (QED) is 0.913. The Morgan fingerprint density at radius 1 is 1.33 bits per heavy atom. The summed E-state index contributed by atoms with van der Waals surface area (Å²) in [6.07, 6.45) is -5.11. The molecule has 0 atom stereocenters. The molecule has 5 nitrogen and oxygen atoms in total. The van der Waals surface area contributed by atoms with Gasteiger partial charge in [-0.15, -0.1) is 0 Å². The molecule has 0 bridgehead atoms. The molecule has 1 aliphatic rings. The summed E-state index contributed by atoms with van der Waals surface area (Å²) in [5.74, 6) is -0.308. The van der Waals surface area contributed by atoms with Crippen LogP contribution in [-0.4, -0.2) is 44.9 Å². The molecule has 0 spiro atoms. The number of likely N-dealkylation sites (tertiary alicyclic amines) is 1. The van der Waals surface area contributed by atoms with Crippen molar-refractivity contribution < 1.29 is 23.1 Å². The first-order valence-electron chi connectivity index (χ1n) is 7.37. The summed E-state index contributed by atoms with van der Waals surface area (Å²) in [7, 11) is 1.45. The highest BCUT2D eigenvalue weighted by atomic mass is 19.4. The first kappa shape index (κ1) is 16.5. The minimum Gasteiger partial charge on any atom is -0.389 e. The molecule has 2 heterocycles. The molecule has 1 aromatic carbocycles. The Balaban J connectivity index is 2.02. The summed E-state index contributed by atoms with van der Waals surface area (Å²) >= 11 is 0. The number of aliphatic hydroxyl groups is 1. The zero-order valence-corrected chi connectivity index (χ0v) is 13.1. The summed E-state index contributed by atoms with van der Waals surface area (Å²) < 4.78 is 40.9. The molecular weight excluding hydrogens is 323 g/mol. The third-order valence-corrected chi connectivity index (χ3v) is 4.15. The summed E-state index contributed by atoms with van der Waals surface area (Å²) in [6, 6.07) is 6.06. The average Bonchev–Trinajstić information content (AvgIpc) is 2.79. The molecule has 0 unspecified atom stereocenters. The third-order valence-electron chi connectivity index (χ3n) is 4.15. The van der Waals surface area contributed by atoms with Crippen LogP contribution in [0.25, 0.3) is 11.1 Å². The van der Waals surface area contributed by atoms with Crippen molar-refractivity contribution in [1.82, 2.24) is 14.7 Å². The number of halogens is 3. The number of amides is 1. The van der Waals surface area contributed by atoms with Gasteiger partial charge in [0.1, 0.15) is 0 Å². The predicted octanol–water partition coefficient (Wildman–Crippen LogP) is 2.23. The molecular formula is C16H16F3N3O2. The van der Waals surface area contributed by atoms with E-state index in [1.165, 1.54) is 28.8 Å². The van der Waals surface area contributed by atoms with E-state index >= 15 is 0 Å². The first-order valence-corrected chi connectivity index (χ1v) is 7.37. The van der Waals surface area contributed by atoms with Gasteiger partial charge in [-0.3, -0.25) is 9.48 Å². The van der Waals surface area contributed by atoms with E-state index in [1.807, 2.05) is 0 Å². The number of aliphatic hydroxyl groups excluding tert-OH is 1. The second-order valence-electron chi connectivity index (χ2n) is 5.88. The van der Waals surface area contributed by atoms with E-state index in [9.17, 15) is 23.1 Å². The molecule has 0 saturated carbocycles. The number of benzene rings is 1. The maximum absolute atomic E-state index is 13.2. The molecule has 1 aromatic heterocycles. The van der Waals surface area contributed by atoms with Gasteiger partial charge in [0.15, 0.2) is 5.69 Å². The van der Waals surface area contributed by atoms with Gasteiger partial charge in [-0.05, 0) is 24.6 Å². The molecule has 8 heteroatoms. The molecule has 1 aliphatic heterocycles. The molecule has 0 aliphatic carbocycles. The Morgan fingerprint density at radius 2 is 2.00 bits per heavy atom. The fourth-order valence-corrected chi connectivity index (χ4v) is 2.76. The van der Waals surface area contributed by atoms with Crippen molar-refractivity contribution in [2.75, 3.05) is 13.1 Å².